The standard InChI is InChI=1S/C15H14N3S/c1-18(2)12-4-6-13-10(7-12)9-19-15-8-11(16)3-5-14(15)17-13/h3-9H,1,16H2,2H3/q+1. The Morgan fingerprint density at radius 3 is 2.84 bits per heavy atom. The van der Waals surface area contributed by atoms with Gasteiger partial charge in [0.25, 0.3) is 0 Å². The van der Waals surface area contributed by atoms with Crippen LogP contribution in [0.15, 0.2) is 46.3 Å². The lowest BCUT2D eigenvalue weighted by Gasteiger charge is -2.01. The maximum absolute atomic E-state index is 5.82. The van der Waals surface area contributed by atoms with Gasteiger partial charge in [0.2, 0.25) is 5.69 Å². The Balaban J connectivity index is 2.23. The molecule has 1 aliphatic heterocycles. The third-order valence-corrected chi connectivity index (χ3v) is 3.94. The third kappa shape index (κ3) is 2.27. The predicted octanol–water partition coefficient (Wildman–Crippen LogP) is 2.04. The van der Waals surface area contributed by atoms with Gasteiger partial charge < -0.3 is 5.73 Å². The van der Waals surface area contributed by atoms with E-state index in [2.05, 4.69) is 18.2 Å². The van der Waals surface area contributed by atoms with Gasteiger partial charge in [0.05, 0.1) is 11.0 Å². The number of thioether (sulfide) groups is 1. The van der Waals surface area contributed by atoms with Crippen LogP contribution in [-0.2, 0) is 0 Å². The minimum Gasteiger partial charge on any atom is -0.399 e. The Hall–Kier alpha value is -2.07. The second-order valence-electron chi connectivity index (χ2n) is 4.52. The molecule has 0 atom stereocenters. The van der Waals surface area contributed by atoms with Crippen molar-refractivity contribution in [1.29, 1.82) is 0 Å². The SMILES string of the molecule is C=[N+](C)c1ccc2c(c1)=CSc1cc(N)ccc1N=2. The fourth-order valence-corrected chi connectivity index (χ4v) is 2.83. The molecule has 1 heterocycles. The van der Waals surface area contributed by atoms with Gasteiger partial charge in [0, 0.05) is 27.9 Å². The van der Waals surface area contributed by atoms with Crippen molar-refractivity contribution in [1.82, 2.24) is 0 Å². The monoisotopic (exact) mass is 268 g/mol. The third-order valence-electron chi connectivity index (χ3n) is 2.99. The molecule has 3 rings (SSSR count). The molecule has 19 heavy (non-hydrogen) atoms. The summed E-state index contributed by atoms with van der Waals surface area (Å²) >= 11 is 1.65. The van der Waals surface area contributed by atoms with Gasteiger partial charge in [-0.15, -0.1) is 0 Å². The molecule has 0 saturated heterocycles. The average molecular weight is 268 g/mol. The zero-order valence-corrected chi connectivity index (χ0v) is 11.4. The van der Waals surface area contributed by atoms with Crippen molar-refractivity contribution in [3.8, 4) is 0 Å². The first-order valence-corrected chi connectivity index (χ1v) is 6.81. The Morgan fingerprint density at radius 2 is 2.05 bits per heavy atom. The minimum absolute atomic E-state index is 0.763. The number of hydrogen-bond donors (Lipinski definition) is 1. The van der Waals surface area contributed by atoms with Crippen molar-refractivity contribution in [2.75, 3.05) is 12.8 Å². The van der Waals surface area contributed by atoms with E-state index < -0.39 is 0 Å². The van der Waals surface area contributed by atoms with E-state index in [4.69, 9.17) is 10.7 Å². The lowest BCUT2D eigenvalue weighted by atomic mass is 10.2. The van der Waals surface area contributed by atoms with Crippen molar-refractivity contribution in [2.24, 2.45) is 4.99 Å². The highest BCUT2D eigenvalue weighted by molar-refractivity contribution is 8.06. The lowest BCUT2D eigenvalue weighted by Crippen LogP contribution is -2.23. The molecule has 0 spiro atoms. The molecule has 94 valence electrons. The summed E-state index contributed by atoms with van der Waals surface area (Å²) in [5.41, 5.74) is 8.61. The summed E-state index contributed by atoms with van der Waals surface area (Å²) in [6.45, 7) is 3.90. The fraction of sp³-hybridized carbons (Fsp3) is 0.0667. The minimum atomic E-state index is 0.763. The number of hydrogen-bond acceptors (Lipinski definition) is 3. The van der Waals surface area contributed by atoms with Gasteiger partial charge in [-0.05, 0) is 29.7 Å². The molecule has 0 unspecified atom stereocenters. The molecule has 0 aliphatic carbocycles. The highest BCUT2D eigenvalue weighted by atomic mass is 32.2. The summed E-state index contributed by atoms with van der Waals surface area (Å²) in [6.07, 6.45) is 0. The van der Waals surface area contributed by atoms with Gasteiger partial charge in [-0.1, -0.05) is 11.8 Å². The van der Waals surface area contributed by atoms with Gasteiger partial charge in [0.15, 0.2) is 0 Å². The van der Waals surface area contributed by atoms with Gasteiger partial charge in [-0.25, -0.2) is 9.57 Å². The summed E-state index contributed by atoms with van der Waals surface area (Å²) in [7, 11) is 1.93. The molecule has 0 bridgehead atoms. The van der Waals surface area contributed by atoms with E-state index in [0.717, 1.165) is 32.5 Å². The van der Waals surface area contributed by atoms with Crippen molar-refractivity contribution in [2.45, 2.75) is 4.90 Å². The van der Waals surface area contributed by atoms with Crippen LogP contribution in [0.25, 0.3) is 5.41 Å². The summed E-state index contributed by atoms with van der Waals surface area (Å²) in [4.78, 5) is 5.78. The second-order valence-corrected chi connectivity index (χ2v) is 5.43. The van der Waals surface area contributed by atoms with Gasteiger partial charge in [-0.3, -0.25) is 0 Å². The molecule has 0 saturated carbocycles. The quantitative estimate of drug-likeness (QED) is 0.488. The molecule has 2 aromatic rings. The van der Waals surface area contributed by atoms with Crippen LogP contribution in [0.4, 0.5) is 17.1 Å². The molecule has 2 aromatic carbocycles. The second kappa shape index (κ2) is 4.55. The average Bonchev–Trinajstić information content (AvgIpc) is 2.56. The molecule has 3 nitrogen and oxygen atoms in total. The van der Waals surface area contributed by atoms with Crippen LogP contribution in [0, 0.1) is 0 Å². The summed E-state index contributed by atoms with van der Waals surface area (Å²) in [6, 6.07) is 11.9. The molecule has 0 amide bonds. The highest BCUT2D eigenvalue weighted by Crippen LogP contribution is 2.32. The van der Waals surface area contributed by atoms with Gasteiger partial charge >= 0.3 is 0 Å². The number of fused-ring (bicyclic) bond motifs is 2. The normalized spacial score (nSPS) is 12.5. The maximum Gasteiger partial charge on any atom is 0.205 e. The number of nitrogen functional groups attached to an aromatic ring is 1. The smallest absolute Gasteiger partial charge is 0.205 e. The zero-order chi connectivity index (χ0) is 13.4. The largest absolute Gasteiger partial charge is 0.399 e. The molecular formula is C15H14N3S+. The molecule has 0 radical (unpaired) electrons. The van der Waals surface area contributed by atoms with E-state index in [1.807, 2.05) is 42.0 Å². The Bertz CT molecular complexity index is 794. The number of rotatable bonds is 1. The molecule has 4 heteroatoms. The van der Waals surface area contributed by atoms with Gasteiger partial charge in [-0.2, -0.15) is 0 Å². The Kier molecular flexibility index (Phi) is 2.87. The summed E-state index contributed by atoms with van der Waals surface area (Å²) in [5, 5.41) is 4.19. The molecule has 0 aromatic heterocycles. The highest BCUT2D eigenvalue weighted by Gasteiger charge is 2.07. The summed E-state index contributed by atoms with van der Waals surface area (Å²) in [5.74, 6) is 0. The van der Waals surface area contributed by atoms with E-state index >= 15 is 0 Å². The Labute approximate surface area is 115 Å². The van der Waals surface area contributed by atoms with Crippen molar-refractivity contribution >= 4 is 40.9 Å². The van der Waals surface area contributed by atoms with Crippen LogP contribution in [0.3, 0.4) is 0 Å². The van der Waals surface area contributed by atoms with Crippen LogP contribution in [0.5, 0.6) is 0 Å². The van der Waals surface area contributed by atoms with Crippen LogP contribution < -0.4 is 16.3 Å². The lowest BCUT2D eigenvalue weighted by molar-refractivity contribution is -0.394. The van der Waals surface area contributed by atoms with E-state index in [0.29, 0.717) is 0 Å². The van der Waals surface area contributed by atoms with E-state index in [1.165, 1.54) is 0 Å². The van der Waals surface area contributed by atoms with Crippen LogP contribution in [-0.4, -0.2) is 18.3 Å². The molecule has 2 N–H and O–H groups in total. The molecule has 0 fully saturated rings. The predicted molar refractivity (Wildman–Crippen MR) is 81.0 cm³/mol. The van der Waals surface area contributed by atoms with Crippen LogP contribution >= 0.6 is 11.8 Å². The van der Waals surface area contributed by atoms with Crippen molar-refractivity contribution in [3.05, 3.63) is 47.0 Å². The Morgan fingerprint density at radius 1 is 1.21 bits per heavy atom. The van der Waals surface area contributed by atoms with E-state index in [-0.39, 0.29) is 0 Å². The zero-order valence-electron chi connectivity index (χ0n) is 10.6. The van der Waals surface area contributed by atoms with E-state index in [1.54, 1.807) is 11.8 Å². The first-order valence-electron chi connectivity index (χ1n) is 5.93. The van der Waals surface area contributed by atoms with E-state index in [9.17, 15) is 0 Å². The first-order chi connectivity index (χ1) is 9.13. The maximum atomic E-state index is 5.82. The number of nitrogens with two attached hydrogens (primary N) is 1. The van der Waals surface area contributed by atoms with Crippen molar-refractivity contribution in [3.63, 3.8) is 0 Å². The summed E-state index contributed by atoms with van der Waals surface area (Å²) < 4.78 is 1.84. The fourth-order valence-electron chi connectivity index (χ4n) is 1.95. The van der Waals surface area contributed by atoms with Crippen LogP contribution in [0.1, 0.15) is 0 Å². The number of benzene rings is 2. The topological polar surface area (TPSA) is 41.4 Å². The first kappa shape index (κ1) is 12.0. The number of anilines is 1. The molecular weight excluding hydrogens is 254 g/mol. The molecule has 1 aliphatic rings. The van der Waals surface area contributed by atoms with Crippen LogP contribution in [0.2, 0.25) is 0 Å². The number of nitrogens with zero attached hydrogens (tertiary/aromatic N) is 2. The van der Waals surface area contributed by atoms with Gasteiger partial charge in [0.1, 0.15) is 13.8 Å². The van der Waals surface area contributed by atoms with Crippen molar-refractivity contribution < 1.29 is 4.58 Å².